The van der Waals surface area contributed by atoms with Crippen molar-refractivity contribution in [1.82, 2.24) is 5.32 Å². The van der Waals surface area contributed by atoms with Gasteiger partial charge in [-0.25, -0.2) is 0 Å². The van der Waals surface area contributed by atoms with Gasteiger partial charge in [-0.15, -0.1) is 0 Å². The monoisotopic (exact) mass is 279 g/mol. The molecule has 19 heavy (non-hydrogen) atoms. The van der Waals surface area contributed by atoms with Crippen LogP contribution in [0, 0.1) is 19.8 Å². The Morgan fingerprint density at radius 2 is 1.68 bits per heavy atom. The molecule has 1 nitrogen and oxygen atoms in total. The first-order valence-corrected chi connectivity index (χ1v) is 7.95. The summed E-state index contributed by atoms with van der Waals surface area (Å²) in [7, 11) is 2.10. The molecule has 1 saturated carbocycles. The van der Waals surface area contributed by atoms with Gasteiger partial charge in [-0.2, -0.15) is 0 Å². The second-order valence-electron chi connectivity index (χ2n) is 5.98. The van der Waals surface area contributed by atoms with Gasteiger partial charge in [0, 0.05) is 11.1 Å². The normalized spacial score (nSPS) is 19.2. The van der Waals surface area contributed by atoms with Crippen LogP contribution in [0.5, 0.6) is 0 Å². The largest absolute Gasteiger partial charge is 0.313 e. The predicted molar refractivity (Wildman–Crippen MR) is 83.9 cm³/mol. The van der Waals surface area contributed by atoms with Gasteiger partial charge in [0.15, 0.2) is 0 Å². The third-order valence-corrected chi connectivity index (χ3v) is 4.97. The van der Waals surface area contributed by atoms with Gasteiger partial charge in [0.25, 0.3) is 0 Å². The Kier molecular flexibility index (Phi) is 5.29. The standard InChI is InChI=1S/C17H26ClN/c1-12-11-16(18)13(2)10-15(12)17(19-3)14-8-6-4-5-7-9-14/h10-11,14,17,19H,4-9H2,1-3H3. The molecule has 0 amide bonds. The summed E-state index contributed by atoms with van der Waals surface area (Å²) in [4.78, 5) is 0. The average molecular weight is 280 g/mol. The van der Waals surface area contributed by atoms with Crippen molar-refractivity contribution in [3.63, 3.8) is 0 Å². The third kappa shape index (κ3) is 3.52. The summed E-state index contributed by atoms with van der Waals surface area (Å²) in [6.07, 6.45) is 8.29. The van der Waals surface area contributed by atoms with Gasteiger partial charge in [0.2, 0.25) is 0 Å². The van der Waals surface area contributed by atoms with E-state index in [1.165, 1.54) is 55.2 Å². The summed E-state index contributed by atoms with van der Waals surface area (Å²) in [6, 6.07) is 4.88. The molecule has 1 atom stereocenters. The highest BCUT2D eigenvalue weighted by Gasteiger charge is 2.24. The number of rotatable bonds is 3. The quantitative estimate of drug-likeness (QED) is 0.751. The molecular formula is C17H26ClN. The Morgan fingerprint density at radius 1 is 1.05 bits per heavy atom. The maximum Gasteiger partial charge on any atom is 0.0438 e. The Bertz CT molecular complexity index is 420. The molecule has 1 aromatic carbocycles. The van der Waals surface area contributed by atoms with Crippen LogP contribution in [0.2, 0.25) is 5.02 Å². The molecule has 0 heterocycles. The lowest BCUT2D eigenvalue weighted by Crippen LogP contribution is -2.26. The molecule has 1 fully saturated rings. The smallest absolute Gasteiger partial charge is 0.0438 e. The molecule has 1 unspecified atom stereocenters. The second kappa shape index (κ2) is 6.76. The lowest BCUT2D eigenvalue weighted by atomic mass is 9.85. The van der Waals surface area contributed by atoms with Crippen LogP contribution in [0.25, 0.3) is 0 Å². The molecule has 1 aromatic rings. The van der Waals surface area contributed by atoms with Crippen molar-refractivity contribution < 1.29 is 0 Å². The van der Waals surface area contributed by atoms with Crippen LogP contribution < -0.4 is 5.32 Å². The molecule has 0 radical (unpaired) electrons. The lowest BCUT2D eigenvalue weighted by Gasteiger charge is -2.28. The fraction of sp³-hybridized carbons (Fsp3) is 0.647. The Labute approximate surface area is 122 Å². The molecule has 0 aliphatic heterocycles. The van der Waals surface area contributed by atoms with Gasteiger partial charge in [-0.05, 0) is 62.4 Å². The topological polar surface area (TPSA) is 12.0 Å². The van der Waals surface area contributed by atoms with E-state index < -0.39 is 0 Å². The highest BCUT2D eigenvalue weighted by Crippen LogP contribution is 2.36. The lowest BCUT2D eigenvalue weighted by molar-refractivity contribution is 0.340. The minimum Gasteiger partial charge on any atom is -0.313 e. The first-order valence-electron chi connectivity index (χ1n) is 7.57. The fourth-order valence-electron chi connectivity index (χ4n) is 3.43. The molecule has 106 valence electrons. The highest BCUT2D eigenvalue weighted by molar-refractivity contribution is 6.31. The van der Waals surface area contributed by atoms with E-state index in [4.69, 9.17) is 11.6 Å². The van der Waals surface area contributed by atoms with Crippen molar-refractivity contribution >= 4 is 11.6 Å². The summed E-state index contributed by atoms with van der Waals surface area (Å²) in [5.74, 6) is 0.770. The van der Waals surface area contributed by atoms with Crippen LogP contribution in [0.15, 0.2) is 12.1 Å². The number of hydrogen-bond donors (Lipinski definition) is 1. The summed E-state index contributed by atoms with van der Waals surface area (Å²) < 4.78 is 0. The van der Waals surface area contributed by atoms with Gasteiger partial charge < -0.3 is 5.32 Å². The number of benzene rings is 1. The van der Waals surface area contributed by atoms with E-state index in [0.717, 1.165) is 10.9 Å². The van der Waals surface area contributed by atoms with Crippen LogP contribution in [-0.4, -0.2) is 7.05 Å². The Morgan fingerprint density at radius 3 is 2.26 bits per heavy atom. The van der Waals surface area contributed by atoms with Crippen molar-refractivity contribution in [1.29, 1.82) is 0 Å². The van der Waals surface area contributed by atoms with Crippen LogP contribution in [0.4, 0.5) is 0 Å². The van der Waals surface area contributed by atoms with E-state index in [1.54, 1.807) is 0 Å². The third-order valence-electron chi connectivity index (χ3n) is 4.56. The average Bonchev–Trinajstić information content (AvgIpc) is 2.65. The minimum atomic E-state index is 0.481. The minimum absolute atomic E-state index is 0.481. The number of nitrogens with one attached hydrogen (secondary N) is 1. The zero-order valence-electron chi connectivity index (χ0n) is 12.4. The number of halogens is 1. The first kappa shape index (κ1) is 14.9. The van der Waals surface area contributed by atoms with Crippen molar-refractivity contribution in [2.24, 2.45) is 5.92 Å². The SMILES string of the molecule is CNC(c1cc(C)c(Cl)cc1C)C1CCCCCC1. The van der Waals surface area contributed by atoms with E-state index in [0.29, 0.717) is 6.04 Å². The van der Waals surface area contributed by atoms with E-state index in [2.05, 4.69) is 38.3 Å². The maximum absolute atomic E-state index is 6.23. The van der Waals surface area contributed by atoms with E-state index >= 15 is 0 Å². The molecule has 1 aliphatic carbocycles. The molecule has 1 N–H and O–H groups in total. The van der Waals surface area contributed by atoms with Crippen LogP contribution in [0.1, 0.15) is 61.3 Å². The van der Waals surface area contributed by atoms with Crippen molar-refractivity contribution in [2.45, 2.75) is 58.4 Å². The van der Waals surface area contributed by atoms with Crippen molar-refractivity contribution in [3.05, 3.63) is 33.8 Å². The fourth-order valence-corrected chi connectivity index (χ4v) is 3.65. The highest BCUT2D eigenvalue weighted by atomic mass is 35.5. The molecule has 0 aromatic heterocycles. The first-order chi connectivity index (χ1) is 9.13. The Balaban J connectivity index is 2.27. The maximum atomic E-state index is 6.23. The van der Waals surface area contributed by atoms with Gasteiger partial charge in [0.1, 0.15) is 0 Å². The summed E-state index contributed by atoms with van der Waals surface area (Å²) in [6.45, 7) is 4.28. The van der Waals surface area contributed by atoms with E-state index in [-0.39, 0.29) is 0 Å². The predicted octanol–water partition coefficient (Wildman–Crippen LogP) is 5.19. The summed E-state index contributed by atoms with van der Waals surface area (Å²) in [5, 5.41) is 4.45. The van der Waals surface area contributed by atoms with Gasteiger partial charge >= 0.3 is 0 Å². The second-order valence-corrected chi connectivity index (χ2v) is 6.38. The zero-order valence-corrected chi connectivity index (χ0v) is 13.2. The molecule has 0 bridgehead atoms. The number of hydrogen-bond acceptors (Lipinski definition) is 1. The molecule has 1 aliphatic rings. The van der Waals surface area contributed by atoms with E-state index in [1.807, 2.05) is 0 Å². The molecule has 2 heteroatoms. The van der Waals surface area contributed by atoms with Gasteiger partial charge in [-0.3, -0.25) is 0 Å². The Hall–Kier alpha value is -0.530. The van der Waals surface area contributed by atoms with Crippen LogP contribution in [-0.2, 0) is 0 Å². The van der Waals surface area contributed by atoms with Crippen molar-refractivity contribution in [3.8, 4) is 0 Å². The molecule has 2 rings (SSSR count). The number of aryl methyl sites for hydroxylation is 2. The van der Waals surface area contributed by atoms with E-state index in [9.17, 15) is 0 Å². The van der Waals surface area contributed by atoms with Gasteiger partial charge in [-0.1, -0.05) is 43.4 Å². The summed E-state index contributed by atoms with van der Waals surface area (Å²) in [5.41, 5.74) is 3.95. The molecule has 0 saturated heterocycles. The zero-order chi connectivity index (χ0) is 13.8. The van der Waals surface area contributed by atoms with Gasteiger partial charge in [0.05, 0.1) is 0 Å². The molecular weight excluding hydrogens is 254 g/mol. The van der Waals surface area contributed by atoms with Crippen molar-refractivity contribution in [2.75, 3.05) is 7.05 Å². The summed E-state index contributed by atoms with van der Waals surface area (Å²) >= 11 is 6.23. The van der Waals surface area contributed by atoms with Crippen LogP contribution in [0.3, 0.4) is 0 Å². The van der Waals surface area contributed by atoms with Crippen LogP contribution >= 0.6 is 11.6 Å². The molecule has 0 spiro atoms.